The van der Waals surface area contributed by atoms with Crippen LogP contribution in [0.25, 0.3) is 0 Å². The Kier molecular flexibility index (Phi) is 5.73. The van der Waals surface area contributed by atoms with Crippen molar-refractivity contribution in [2.45, 2.75) is 11.4 Å². The Morgan fingerprint density at radius 2 is 1.80 bits per heavy atom. The molecule has 0 saturated heterocycles. The fourth-order valence-corrected chi connectivity index (χ4v) is 2.54. The first-order chi connectivity index (χ1) is 11.8. The molecule has 0 fully saturated rings. The molecule has 8 nitrogen and oxygen atoms in total. The number of urea groups is 1. The number of methoxy groups -OCH3 is 1. The molecular weight excluding hydrogens is 346 g/mol. The molecule has 25 heavy (non-hydrogen) atoms. The lowest BCUT2D eigenvalue weighted by Crippen LogP contribution is -2.28. The number of nitrogens with two attached hydrogens (primary N) is 1. The van der Waals surface area contributed by atoms with E-state index in [9.17, 15) is 18.0 Å². The fraction of sp³-hybridized carbons (Fsp3) is 0.125. The van der Waals surface area contributed by atoms with Gasteiger partial charge in [0, 0.05) is 12.2 Å². The highest BCUT2D eigenvalue weighted by atomic mass is 32.2. The van der Waals surface area contributed by atoms with Crippen LogP contribution in [0.5, 0.6) is 0 Å². The number of primary sulfonamides is 1. The Morgan fingerprint density at radius 3 is 2.40 bits per heavy atom. The molecule has 0 bridgehead atoms. The molecule has 0 aliphatic heterocycles. The van der Waals surface area contributed by atoms with Crippen molar-refractivity contribution in [3.8, 4) is 0 Å². The van der Waals surface area contributed by atoms with E-state index >= 15 is 0 Å². The number of carbonyl (C=O) groups is 2. The molecule has 0 spiro atoms. The molecule has 0 atom stereocenters. The molecule has 2 amide bonds. The van der Waals surface area contributed by atoms with Gasteiger partial charge in [-0.25, -0.2) is 23.1 Å². The van der Waals surface area contributed by atoms with Crippen molar-refractivity contribution in [1.29, 1.82) is 0 Å². The minimum atomic E-state index is -3.84. The second-order valence-electron chi connectivity index (χ2n) is 5.07. The zero-order chi connectivity index (χ0) is 18.4. The van der Waals surface area contributed by atoms with Crippen molar-refractivity contribution >= 4 is 27.7 Å². The highest BCUT2D eigenvalue weighted by Gasteiger charge is 2.09. The first-order valence-electron chi connectivity index (χ1n) is 7.14. The topological polar surface area (TPSA) is 128 Å². The number of sulfonamides is 1. The molecule has 0 aliphatic carbocycles. The normalized spacial score (nSPS) is 10.8. The summed E-state index contributed by atoms with van der Waals surface area (Å²) in [6, 6.07) is 11.7. The van der Waals surface area contributed by atoms with Gasteiger partial charge in [-0.1, -0.05) is 18.2 Å². The summed E-state index contributed by atoms with van der Waals surface area (Å²) in [4.78, 5) is 23.1. The lowest BCUT2D eigenvalue weighted by atomic mass is 10.1. The van der Waals surface area contributed by atoms with E-state index in [1.54, 1.807) is 30.3 Å². The van der Waals surface area contributed by atoms with Gasteiger partial charge in [0.25, 0.3) is 0 Å². The van der Waals surface area contributed by atoms with Gasteiger partial charge in [-0.2, -0.15) is 0 Å². The number of carbonyl (C=O) groups excluding carboxylic acids is 2. The summed E-state index contributed by atoms with van der Waals surface area (Å²) in [5, 5.41) is 10.2. The van der Waals surface area contributed by atoms with Crippen LogP contribution in [0.2, 0.25) is 0 Å². The van der Waals surface area contributed by atoms with Gasteiger partial charge in [0.1, 0.15) is 0 Å². The molecule has 0 saturated carbocycles. The van der Waals surface area contributed by atoms with Gasteiger partial charge in [-0.3, -0.25) is 0 Å². The van der Waals surface area contributed by atoms with Gasteiger partial charge in [-0.05, 0) is 35.9 Å². The highest BCUT2D eigenvalue weighted by molar-refractivity contribution is 7.89. The summed E-state index contributed by atoms with van der Waals surface area (Å²) in [7, 11) is -2.54. The molecule has 2 aromatic rings. The Labute approximate surface area is 145 Å². The maximum Gasteiger partial charge on any atom is 0.337 e. The van der Waals surface area contributed by atoms with Crippen LogP contribution in [0.3, 0.4) is 0 Å². The molecule has 0 unspecified atom stereocenters. The molecule has 0 heterocycles. The van der Waals surface area contributed by atoms with Crippen molar-refractivity contribution < 1.29 is 22.7 Å². The van der Waals surface area contributed by atoms with Crippen LogP contribution in [0.1, 0.15) is 15.9 Å². The summed E-state index contributed by atoms with van der Waals surface area (Å²) in [5.74, 6) is -0.438. The van der Waals surface area contributed by atoms with Crippen LogP contribution in [0.15, 0.2) is 53.4 Å². The molecule has 2 rings (SSSR count). The number of rotatable bonds is 5. The molecule has 4 N–H and O–H groups in total. The van der Waals surface area contributed by atoms with Gasteiger partial charge in [-0.15, -0.1) is 0 Å². The monoisotopic (exact) mass is 363 g/mol. The predicted molar refractivity (Wildman–Crippen MR) is 91.5 cm³/mol. The number of benzene rings is 2. The smallest absolute Gasteiger partial charge is 0.337 e. The van der Waals surface area contributed by atoms with Gasteiger partial charge in [0.05, 0.1) is 17.6 Å². The average Bonchev–Trinajstić information content (AvgIpc) is 2.59. The quantitative estimate of drug-likeness (QED) is 0.693. The third-order valence-corrected chi connectivity index (χ3v) is 4.16. The van der Waals surface area contributed by atoms with E-state index in [1.807, 2.05) is 0 Å². The van der Waals surface area contributed by atoms with Crippen molar-refractivity contribution in [3.63, 3.8) is 0 Å². The Balaban J connectivity index is 1.94. The summed E-state index contributed by atoms with van der Waals surface area (Å²) >= 11 is 0. The molecule has 2 aromatic carbocycles. The van der Waals surface area contributed by atoms with E-state index in [0.717, 1.165) is 5.56 Å². The van der Waals surface area contributed by atoms with Crippen molar-refractivity contribution in [2.24, 2.45) is 5.14 Å². The van der Waals surface area contributed by atoms with Gasteiger partial charge < -0.3 is 15.4 Å². The fourth-order valence-electron chi connectivity index (χ4n) is 1.98. The number of amides is 2. The maximum atomic E-state index is 11.9. The third kappa shape index (κ3) is 5.30. The van der Waals surface area contributed by atoms with E-state index < -0.39 is 22.0 Å². The van der Waals surface area contributed by atoms with Crippen LogP contribution >= 0.6 is 0 Å². The zero-order valence-electron chi connectivity index (χ0n) is 13.4. The first-order valence-corrected chi connectivity index (χ1v) is 8.69. The van der Waals surface area contributed by atoms with E-state index in [1.165, 1.54) is 25.3 Å². The van der Waals surface area contributed by atoms with Crippen LogP contribution < -0.4 is 15.8 Å². The number of esters is 1. The van der Waals surface area contributed by atoms with Crippen molar-refractivity contribution in [2.75, 3.05) is 12.4 Å². The average molecular weight is 363 g/mol. The predicted octanol–water partition coefficient (Wildman–Crippen LogP) is 1.44. The Hall–Kier alpha value is -2.91. The number of hydrogen-bond acceptors (Lipinski definition) is 5. The number of hydrogen-bond donors (Lipinski definition) is 3. The summed E-state index contributed by atoms with van der Waals surface area (Å²) in [5.41, 5.74) is 1.49. The minimum Gasteiger partial charge on any atom is -0.465 e. The standard InChI is InChI=1S/C16H17N3O5S/c1-24-15(20)12-7-5-11(6-8-12)10-18-16(21)19-13-3-2-4-14(9-13)25(17,22)23/h2-9H,10H2,1H3,(H2,17,22,23)(H2,18,19,21). The van der Waals surface area contributed by atoms with Crippen LogP contribution in [-0.2, 0) is 21.3 Å². The minimum absolute atomic E-state index is 0.0938. The Bertz CT molecular complexity index is 879. The number of nitrogens with one attached hydrogen (secondary N) is 2. The van der Waals surface area contributed by atoms with E-state index in [2.05, 4.69) is 15.4 Å². The SMILES string of the molecule is COC(=O)c1ccc(CNC(=O)Nc2cccc(S(N)(=O)=O)c2)cc1. The van der Waals surface area contributed by atoms with Gasteiger partial charge >= 0.3 is 12.0 Å². The molecule has 132 valence electrons. The van der Waals surface area contributed by atoms with Crippen LogP contribution in [-0.4, -0.2) is 27.5 Å². The number of anilines is 1. The molecule has 0 radical (unpaired) electrons. The Morgan fingerprint density at radius 1 is 1.12 bits per heavy atom. The van der Waals surface area contributed by atoms with Crippen molar-refractivity contribution in [1.82, 2.24) is 5.32 Å². The summed E-state index contributed by atoms with van der Waals surface area (Å²) in [6.45, 7) is 0.224. The lowest BCUT2D eigenvalue weighted by molar-refractivity contribution is 0.0600. The maximum absolute atomic E-state index is 11.9. The van der Waals surface area contributed by atoms with E-state index in [4.69, 9.17) is 5.14 Å². The van der Waals surface area contributed by atoms with Crippen molar-refractivity contribution in [3.05, 3.63) is 59.7 Å². The molecule has 0 aromatic heterocycles. The zero-order valence-corrected chi connectivity index (χ0v) is 14.2. The lowest BCUT2D eigenvalue weighted by Gasteiger charge is -2.09. The van der Waals surface area contributed by atoms with E-state index in [0.29, 0.717) is 11.3 Å². The second-order valence-corrected chi connectivity index (χ2v) is 6.63. The van der Waals surface area contributed by atoms with Gasteiger partial charge in [0.2, 0.25) is 10.0 Å². The second kappa shape index (κ2) is 7.77. The summed E-state index contributed by atoms with van der Waals surface area (Å²) < 4.78 is 27.2. The van der Waals surface area contributed by atoms with Crippen LogP contribution in [0, 0.1) is 0 Å². The largest absolute Gasteiger partial charge is 0.465 e. The molecule has 0 aliphatic rings. The van der Waals surface area contributed by atoms with E-state index in [-0.39, 0.29) is 11.4 Å². The molecular formula is C16H17N3O5S. The number of ether oxygens (including phenoxy) is 1. The highest BCUT2D eigenvalue weighted by Crippen LogP contribution is 2.14. The van der Waals surface area contributed by atoms with Gasteiger partial charge in [0.15, 0.2) is 0 Å². The van der Waals surface area contributed by atoms with Crippen LogP contribution in [0.4, 0.5) is 10.5 Å². The third-order valence-electron chi connectivity index (χ3n) is 3.25. The first kappa shape index (κ1) is 18.4. The summed E-state index contributed by atoms with van der Waals surface area (Å²) in [6.07, 6.45) is 0. The molecule has 9 heteroatoms.